The van der Waals surface area contributed by atoms with Crippen molar-refractivity contribution in [2.24, 2.45) is 0 Å². The van der Waals surface area contributed by atoms with Crippen molar-refractivity contribution in [3.05, 3.63) is 83.9 Å². The summed E-state index contributed by atoms with van der Waals surface area (Å²) in [6.07, 6.45) is 3.90. The van der Waals surface area contributed by atoms with E-state index in [1.54, 1.807) is 12.1 Å². The molecule has 160 valence electrons. The maximum absolute atomic E-state index is 13.3. The van der Waals surface area contributed by atoms with Gasteiger partial charge in [-0.15, -0.1) is 5.54 Å². The monoisotopic (exact) mass is 447 g/mol. The van der Waals surface area contributed by atoms with E-state index >= 15 is 0 Å². The molecule has 0 atom stereocenters. The number of hydrogen-bond acceptors (Lipinski definition) is 2. The molecule has 0 aliphatic carbocycles. The van der Waals surface area contributed by atoms with Gasteiger partial charge in [-0.2, -0.15) is 4.31 Å². The smallest absolute Gasteiger partial charge is 0.207 e. The van der Waals surface area contributed by atoms with E-state index in [9.17, 15) is 8.42 Å². The molecule has 0 unspecified atom stereocenters. The van der Waals surface area contributed by atoms with Gasteiger partial charge in [-0.1, -0.05) is 97.9 Å². The van der Waals surface area contributed by atoms with Gasteiger partial charge in [-0.3, -0.25) is 0 Å². The van der Waals surface area contributed by atoms with E-state index in [-0.39, 0.29) is 13.1 Å². The number of rotatable bonds is 6. The van der Waals surface area contributed by atoms with Gasteiger partial charge in [0.25, 0.3) is 0 Å². The lowest BCUT2D eigenvalue weighted by atomic mass is 10.0. The first-order valence-electron chi connectivity index (χ1n) is 10.4. The molecular formula is C26H29NO2SSi. The van der Waals surface area contributed by atoms with Gasteiger partial charge in [0.15, 0.2) is 0 Å². The van der Waals surface area contributed by atoms with Crippen LogP contribution >= 0.6 is 0 Å². The van der Waals surface area contributed by atoms with Crippen LogP contribution in [0.3, 0.4) is 0 Å². The summed E-state index contributed by atoms with van der Waals surface area (Å²) in [7, 11) is -5.22. The zero-order chi connectivity index (χ0) is 22.5. The van der Waals surface area contributed by atoms with E-state index in [1.807, 2.05) is 55.5 Å². The van der Waals surface area contributed by atoms with Crippen LogP contribution in [-0.4, -0.2) is 33.9 Å². The van der Waals surface area contributed by atoms with E-state index in [0.717, 1.165) is 21.9 Å². The highest BCUT2D eigenvalue weighted by molar-refractivity contribution is 7.89. The highest BCUT2D eigenvalue weighted by Crippen LogP contribution is 2.20. The highest BCUT2D eigenvalue weighted by atomic mass is 32.2. The maximum atomic E-state index is 13.3. The minimum absolute atomic E-state index is 0.181. The maximum Gasteiger partial charge on any atom is 0.244 e. The van der Waals surface area contributed by atoms with E-state index in [1.165, 1.54) is 4.31 Å². The van der Waals surface area contributed by atoms with Crippen molar-refractivity contribution in [1.82, 2.24) is 4.31 Å². The lowest BCUT2D eigenvalue weighted by Crippen LogP contribution is -2.32. The topological polar surface area (TPSA) is 37.4 Å². The average Bonchev–Trinajstić information content (AvgIpc) is 2.72. The lowest BCUT2D eigenvalue weighted by molar-refractivity contribution is 0.478. The third kappa shape index (κ3) is 6.17. The minimum Gasteiger partial charge on any atom is -0.207 e. The van der Waals surface area contributed by atoms with Crippen LogP contribution in [0.5, 0.6) is 0 Å². The van der Waals surface area contributed by atoms with E-state index in [4.69, 9.17) is 0 Å². The SMILES string of the molecule is Cc1ccc(S(=O)(=O)N(CC#C[Si](C)(C)C)C/C=C/c2cccc3ccccc23)cc1. The molecule has 0 saturated heterocycles. The summed E-state index contributed by atoms with van der Waals surface area (Å²) in [5, 5.41) is 2.31. The fourth-order valence-corrected chi connectivity index (χ4v) is 5.10. The summed E-state index contributed by atoms with van der Waals surface area (Å²) < 4.78 is 28.0. The summed E-state index contributed by atoms with van der Waals surface area (Å²) in [5.74, 6) is 3.12. The number of nitrogens with zero attached hydrogens (tertiary/aromatic N) is 1. The molecule has 0 amide bonds. The minimum atomic E-state index is -3.64. The van der Waals surface area contributed by atoms with Crippen LogP contribution in [0, 0.1) is 18.4 Å². The van der Waals surface area contributed by atoms with Crippen LogP contribution in [0.25, 0.3) is 16.8 Å². The first kappa shape index (κ1) is 23.0. The van der Waals surface area contributed by atoms with Gasteiger partial charge < -0.3 is 0 Å². The predicted octanol–water partition coefficient (Wildman–Crippen LogP) is 5.73. The Balaban J connectivity index is 1.89. The molecule has 0 heterocycles. The largest absolute Gasteiger partial charge is 0.244 e. The molecule has 0 aromatic heterocycles. The molecule has 3 aromatic carbocycles. The number of benzene rings is 3. The number of hydrogen-bond donors (Lipinski definition) is 0. The van der Waals surface area contributed by atoms with Crippen LogP contribution in [0.2, 0.25) is 19.6 Å². The molecule has 0 saturated carbocycles. The highest BCUT2D eigenvalue weighted by Gasteiger charge is 2.23. The van der Waals surface area contributed by atoms with Crippen molar-refractivity contribution < 1.29 is 8.42 Å². The third-order valence-electron chi connectivity index (χ3n) is 4.81. The third-order valence-corrected chi connectivity index (χ3v) is 7.56. The normalized spacial score (nSPS) is 12.3. The lowest BCUT2D eigenvalue weighted by Gasteiger charge is -2.19. The Labute approximate surface area is 187 Å². The van der Waals surface area contributed by atoms with E-state index < -0.39 is 18.1 Å². The second-order valence-corrected chi connectivity index (χ2v) is 15.3. The Morgan fingerprint density at radius 2 is 1.61 bits per heavy atom. The fourth-order valence-electron chi connectivity index (χ4n) is 3.19. The quantitative estimate of drug-likeness (QED) is 0.357. The molecule has 0 N–H and O–H groups in total. The summed E-state index contributed by atoms with van der Waals surface area (Å²) in [6, 6.07) is 21.3. The van der Waals surface area contributed by atoms with E-state index in [2.05, 4.69) is 49.3 Å². The molecule has 0 fully saturated rings. The van der Waals surface area contributed by atoms with Gasteiger partial charge in [-0.25, -0.2) is 8.42 Å². The van der Waals surface area contributed by atoms with Crippen molar-refractivity contribution in [2.75, 3.05) is 13.1 Å². The van der Waals surface area contributed by atoms with Crippen molar-refractivity contribution in [1.29, 1.82) is 0 Å². The molecule has 0 aliphatic heterocycles. The second-order valence-electron chi connectivity index (χ2n) is 8.63. The van der Waals surface area contributed by atoms with Crippen LogP contribution in [0.15, 0.2) is 77.7 Å². The first-order chi connectivity index (χ1) is 14.7. The molecule has 3 nitrogen and oxygen atoms in total. The number of sulfonamides is 1. The van der Waals surface area contributed by atoms with Gasteiger partial charge in [0.1, 0.15) is 8.07 Å². The summed E-state index contributed by atoms with van der Waals surface area (Å²) in [6.45, 7) is 8.85. The Bertz CT molecular complexity index is 1240. The Kier molecular flexibility index (Phi) is 7.17. The second kappa shape index (κ2) is 9.65. The Morgan fingerprint density at radius 3 is 2.32 bits per heavy atom. The van der Waals surface area contributed by atoms with Crippen LogP contribution in [0.1, 0.15) is 11.1 Å². The Hall–Kier alpha value is -2.65. The van der Waals surface area contributed by atoms with Crippen LogP contribution < -0.4 is 0 Å². The molecule has 0 bridgehead atoms. The molecule has 0 spiro atoms. The first-order valence-corrected chi connectivity index (χ1v) is 15.3. The van der Waals surface area contributed by atoms with Gasteiger partial charge in [0.05, 0.1) is 11.4 Å². The zero-order valence-corrected chi connectivity index (χ0v) is 20.4. The van der Waals surface area contributed by atoms with Gasteiger partial charge in [-0.05, 0) is 35.4 Å². The summed E-state index contributed by atoms with van der Waals surface area (Å²) in [4.78, 5) is 0.298. The van der Waals surface area contributed by atoms with Crippen LogP contribution in [-0.2, 0) is 10.0 Å². The molecule has 0 radical (unpaired) electrons. The molecule has 5 heteroatoms. The molecule has 31 heavy (non-hydrogen) atoms. The predicted molar refractivity (Wildman–Crippen MR) is 134 cm³/mol. The van der Waals surface area contributed by atoms with Crippen molar-refractivity contribution >= 4 is 34.9 Å². The van der Waals surface area contributed by atoms with Gasteiger partial charge in [0, 0.05) is 6.54 Å². The number of fused-ring (bicyclic) bond motifs is 1. The Morgan fingerprint density at radius 1 is 0.935 bits per heavy atom. The van der Waals surface area contributed by atoms with Crippen molar-refractivity contribution in [3.8, 4) is 11.5 Å². The fraction of sp³-hybridized carbons (Fsp3) is 0.231. The van der Waals surface area contributed by atoms with Crippen molar-refractivity contribution in [3.63, 3.8) is 0 Å². The van der Waals surface area contributed by atoms with Crippen molar-refractivity contribution in [2.45, 2.75) is 31.5 Å². The molecule has 0 aliphatic rings. The summed E-state index contributed by atoms with van der Waals surface area (Å²) >= 11 is 0. The van der Waals surface area contributed by atoms with Crippen LogP contribution in [0.4, 0.5) is 0 Å². The van der Waals surface area contributed by atoms with E-state index in [0.29, 0.717) is 4.90 Å². The zero-order valence-electron chi connectivity index (χ0n) is 18.6. The molecule has 3 aromatic rings. The molecule has 3 rings (SSSR count). The average molecular weight is 448 g/mol. The van der Waals surface area contributed by atoms with Gasteiger partial charge >= 0.3 is 0 Å². The van der Waals surface area contributed by atoms with Gasteiger partial charge in [0.2, 0.25) is 10.0 Å². The standard InChI is InChI=1S/C26H29NO2SSi/c1-22-15-17-25(18-16-22)30(28,29)27(20-9-21-31(2,3)4)19-8-13-24-12-7-11-23-10-5-6-14-26(23)24/h5-8,10-18H,19-20H2,1-4H3/b13-8+. The molecular weight excluding hydrogens is 418 g/mol. The summed E-state index contributed by atoms with van der Waals surface area (Å²) in [5.41, 5.74) is 5.37. The number of aryl methyl sites for hydroxylation is 1.